The maximum atomic E-state index is 11.6. The van der Waals surface area contributed by atoms with Crippen LogP contribution in [0.25, 0.3) is 0 Å². The molecule has 0 aromatic heterocycles. The van der Waals surface area contributed by atoms with Gasteiger partial charge in [0.25, 0.3) is 0 Å². The fourth-order valence-corrected chi connectivity index (χ4v) is 7.31. The fourth-order valence-electron chi connectivity index (χ4n) is 5.55. The Balaban J connectivity index is 2.87. The highest BCUT2D eigenvalue weighted by Gasteiger charge is 2.44. The Morgan fingerprint density at radius 1 is 0.659 bits per heavy atom. The molecular weight excluding hydrogens is 523 g/mol. The van der Waals surface area contributed by atoms with Crippen LogP contribution in [0.3, 0.4) is 0 Å². The quantitative estimate of drug-likeness (QED) is 0.273. The first-order valence-corrected chi connectivity index (χ1v) is 17.6. The van der Waals surface area contributed by atoms with E-state index in [-0.39, 0.29) is 27.6 Å². The van der Waals surface area contributed by atoms with Gasteiger partial charge < -0.3 is 0 Å². The van der Waals surface area contributed by atoms with Crippen molar-refractivity contribution in [3.8, 4) is 0 Å². The standard InChI is InChI=1S/C37H62O3P/c1-15-17-18-26(16-2)25-41(38,39)40-33(29-21-19-27(34(3,4)5)23-31(29)36(9,10)11)30-22-20-28(35(6,7)8)24-32(30)37(12,13)14/h19-24,26,33,38-39H,15-18,25H2,1-14H3/q+1. The van der Waals surface area contributed by atoms with E-state index >= 15 is 0 Å². The molecular formula is C37H62O3P+. The number of benzene rings is 2. The van der Waals surface area contributed by atoms with Gasteiger partial charge in [0.05, 0.1) is 0 Å². The number of unbranched alkanes of at least 4 members (excludes halogenated alkanes) is 1. The van der Waals surface area contributed by atoms with Crippen LogP contribution in [0.4, 0.5) is 0 Å². The van der Waals surface area contributed by atoms with Crippen LogP contribution >= 0.6 is 7.94 Å². The summed E-state index contributed by atoms with van der Waals surface area (Å²) in [6.45, 7) is 31.2. The monoisotopic (exact) mass is 585 g/mol. The third-order valence-electron chi connectivity index (χ3n) is 8.33. The molecule has 0 saturated heterocycles. The second-order valence-corrected chi connectivity index (χ2v) is 18.3. The lowest BCUT2D eigenvalue weighted by molar-refractivity contribution is 0.174. The van der Waals surface area contributed by atoms with Crippen LogP contribution in [-0.4, -0.2) is 15.9 Å². The fraction of sp³-hybridized carbons (Fsp3) is 0.676. The van der Waals surface area contributed by atoms with Crippen molar-refractivity contribution in [2.45, 2.75) is 150 Å². The Bertz CT molecular complexity index is 1060. The summed E-state index contributed by atoms with van der Waals surface area (Å²) >= 11 is 0. The first-order chi connectivity index (χ1) is 18.5. The number of hydrogen-bond donors (Lipinski definition) is 2. The van der Waals surface area contributed by atoms with Gasteiger partial charge in [0.15, 0.2) is 6.10 Å². The largest absolute Gasteiger partial charge is 0.407 e. The topological polar surface area (TPSA) is 49.7 Å². The van der Waals surface area contributed by atoms with Crippen molar-refractivity contribution in [3.05, 3.63) is 69.8 Å². The lowest BCUT2D eigenvalue weighted by Gasteiger charge is -2.34. The molecule has 0 aliphatic carbocycles. The molecule has 0 saturated carbocycles. The molecule has 0 aliphatic heterocycles. The normalized spacial score (nSPS) is 14.6. The SMILES string of the molecule is CCCCC(CC)C[P+](O)(O)OC(c1ccc(C(C)(C)C)cc1C(C)(C)C)c1ccc(C(C)(C)C)cc1C(C)(C)C. The molecule has 1 atom stereocenters. The van der Waals surface area contributed by atoms with Gasteiger partial charge in [-0.05, 0) is 67.9 Å². The third-order valence-corrected chi connectivity index (χ3v) is 9.87. The lowest BCUT2D eigenvalue weighted by Crippen LogP contribution is -2.25. The van der Waals surface area contributed by atoms with Gasteiger partial charge in [0.1, 0.15) is 6.16 Å². The Hall–Kier alpha value is -1.25. The molecule has 2 N–H and O–H groups in total. The van der Waals surface area contributed by atoms with Crippen LogP contribution in [0.2, 0.25) is 0 Å². The summed E-state index contributed by atoms with van der Waals surface area (Å²) in [5.41, 5.74) is 6.63. The van der Waals surface area contributed by atoms with Crippen LogP contribution in [0.1, 0.15) is 162 Å². The van der Waals surface area contributed by atoms with E-state index < -0.39 is 14.0 Å². The second kappa shape index (κ2) is 13.2. The number of hydrogen-bond acceptors (Lipinski definition) is 3. The van der Waals surface area contributed by atoms with Crippen molar-refractivity contribution >= 4 is 7.94 Å². The first-order valence-electron chi connectivity index (χ1n) is 15.8. The number of rotatable bonds is 10. The van der Waals surface area contributed by atoms with E-state index in [2.05, 4.69) is 133 Å². The summed E-state index contributed by atoms with van der Waals surface area (Å²) < 4.78 is 6.67. The van der Waals surface area contributed by atoms with Gasteiger partial charge in [0, 0.05) is 5.92 Å². The van der Waals surface area contributed by atoms with Crippen molar-refractivity contribution in [3.63, 3.8) is 0 Å². The summed E-state index contributed by atoms with van der Waals surface area (Å²) in [6, 6.07) is 13.4. The van der Waals surface area contributed by atoms with Gasteiger partial charge in [-0.15, -0.1) is 0 Å². The molecule has 3 nitrogen and oxygen atoms in total. The molecule has 0 aliphatic rings. The van der Waals surface area contributed by atoms with Crippen LogP contribution < -0.4 is 0 Å². The molecule has 0 bridgehead atoms. The summed E-state index contributed by atoms with van der Waals surface area (Å²) in [5, 5.41) is 0. The highest BCUT2D eigenvalue weighted by Crippen LogP contribution is 2.59. The van der Waals surface area contributed by atoms with Gasteiger partial charge >= 0.3 is 7.94 Å². The summed E-state index contributed by atoms with van der Waals surface area (Å²) in [6.07, 6.45) is 3.81. The minimum atomic E-state index is -3.68. The van der Waals surface area contributed by atoms with Crippen molar-refractivity contribution in [1.29, 1.82) is 0 Å². The predicted octanol–water partition coefficient (Wildman–Crippen LogP) is 10.9. The Morgan fingerprint density at radius 3 is 1.39 bits per heavy atom. The van der Waals surface area contributed by atoms with E-state index in [1.165, 1.54) is 22.3 Å². The van der Waals surface area contributed by atoms with Crippen LogP contribution in [0, 0.1) is 5.92 Å². The third kappa shape index (κ3) is 9.89. The first kappa shape index (κ1) is 35.9. The molecule has 41 heavy (non-hydrogen) atoms. The zero-order valence-corrected chi connectivity index (χ0v) is 29.8. The van der Waals surface area contributed by atoms with E-state index in [0.29, 0.717) is 6.16 Å². The molecule has 2 aromatic carbocycles. The van der Waals surface area contributed by atoms with Crippen LogP contribution in [0.5, 0.6) is 0 Å². The zero-order chi connectivity index (χ0) is 31.6. The Kier molecular flexibility index (Phi) is 11.5. The molecule has 2 aromatic rings. The van der Waals surface area contributed by atoms with Crippen molar-refractivity contribution in [2.75, 3.05) is 6.16 Å². The van der Waals surface area contributed by atoms with Crippen molar-refractivity contribution < 1.29 is 14.3 Å². The van der Waals surface area contributed by atoms with E-state index in [0.717, 1.165) is 36.8 Å². The van der Waals surface area contributed by atoms with Gasteiger partial charge in [-0.3, -0.25) is 0 Å². The molecule has 0 spiro atoms. The van der Waals surface area contributed by atoms with Crippen LogP contribution in [-0.2, 0) is 26.2 Å². The second-order valence-electron chi connectivity index (χ2n) is 16.4. The molecule has 0 fully saturated rings. The highest BCUT2D eigenvalue weighted by atomic mass is 31.2. The molecule has 2 rings (SSSR count). The van der Waals surface area contributed by atoms with E-state index in [1.54, 1.807) is 0 Å². The average Bonchev–Trinajstić information content (AvgIpc) is 2.82. The van der Waals surface area contributed by atoms with Gasteiger partial charge in [-0.25, -0.2) is 0 Å². The molecule has 0 radical (unpaired) electrons. The maximum Gasteiger partial charge on any atom is 0.407 e. The molecule has 0 heterocycles. The van der Waals surface area contributed by atoms with E-state index in [1.807, 2.05) is 0 Å². The smallest absolute Gasteiger partial charge is 0.193 e. The van der Waals surface area contributed by atoms with E-state index in [9.17, 15) is 9.79 Å². The molecule has 4 heteroatoms. The van der Waals surface area contributed by atoms with Gasteiger partial charge in [0.2, 0.25) is 0 Å². The molecule has 232 valence electrons. The summed E-state index contributed by atoms with van der Waals surface area (Å²) in [4.78, 5) is 23.2. The minimum absolute atomic E-state index is 0.00183. The van der Waals surface area contributed by atoms with Crippen LogP contribution in [0.15, 0.2) is 36.4 Å². The summed E-state index contributed by atoms with van der Waals surface area (Å²) in [7, 11) is -3.68. The maximum absolute atomic E-state index is 11.6. The van der Waals surface area contributed by atoms with Crippen molar-refractivity contribution in [2.24, 2.45) is 5.92 Å². The summed E-state index contributed by atoms with van der Waals surface area (Å²) in [5.74, 6) is 0.231. The van der Waals surface area contributed by atoms with Gasteiger partial charge in [-0.1, -0.05) is 146 Å². The highest BCUT2D eigenvalue weighted by molar-refractivity contribution is 7.59. The minimum Gasteiger partial charge on any atom is -0.193 e. The van der Waals surface area contributed by atoms with Gasteiger partial charge in [-0.2, -0.15) is 14.3 Å². The van der Waals surface area contributed by atoms with Crippen molar-refractivity contribution in [1.82, 2.24) is 0 Å². The Labute approximate surface area is 254 Å². The predicted molar refractivity (Wildman–Crippen MR) is 180 cm³/mol. The Morgan fingerprint density at radius 2 is 1.07 bits per heavy atom. The van der Waals surface area contributed by atoms with E-state index in [4.69, 9.17) is 4.52 Å². The zero-order valence-electron chi connectivity index (χ0n) is 28.9. The molecule has 1 unspecified atom stereocenters. The molecule has 0 amide bonds. The lowest BCUT2D eigenvalue weighted by atomic mass is 9.74. The average molecular weight is 586 g/mol.